The summed E-state index contributed by atoms with van der Waals surface area (Å²) < 4.78 is 0. The number of carbonyl (C=O) groups is 2. The number of hydrogen-bond acceptors (Lipinski definition) is 2. The van der Waals surface area contributed by atoms with Gasteiger partial charge in [0.2, 0.25) is 0 Å². The highest BCUT2D eigenvalue weighted by atomic mass is 16.4. The molecule has 0 fully saturated rings. The lowest BCUT2D eigenvalue weighted by atomic mass is 9.99. The van der Waals surface area contributed by atoms with E-state index in [-0.39, 0.29) is 12.1 Å². The van der Waals surface area contributed by atoms with Crippen molar-refractivity contribution < 1.29 is 14.7 Å². The molecule has 5 nitrogen and oxygen atoms in total. The van der Waals surface area contributed by atoms with Gasteiger partial charge < -0.3 is 15.3 Å². The lowest BCUT2D eigenvalue weighted by Crippen LogP contribution is -2.57. The molecular formula is C14H28N2O3. The highest BCUT2D eigenvalue weighted by Gasteiger charge is 2.34. The minimum atomic E-state index is -1.20. The molecule has 0 aromatic heterocycles. The minimum absolute atomic E-state index is 0.112. The molecule has 0 bridgehead atoms. The van der Waals surface area contributed by atoms with Crippen LogP contribution in [0.1, 0.15) is 60.3 Å². The Morgan fingerprint density at radius 1 is 1.32 bits per heavy atom. The van der Waals surface area contributed by atoms with Gasteiger partial charge in [-0.3, -0.25) is 0 Å². The molecule has 0 aromatic rings. The van der Waals surface area contributed by atoms with Crippen molar-refractivity contribution in [3.8, 4) is 0 Å². The normalized spacial score (nSPS) is 15.4. The van der Waals surface area contributed by atoms with Crippen LogP contribution >= 0.6 is 0 Å². The second-order valence-electron chi connectivity index (χ2n) is 5.23. The van der Waals surface area contributed by atoms with E-state index in [0.717, 1.165) is 19.3 Å². The van der Waals surface area contributed by atoms with Crippen molar-refractivity contribution in [3.63, 3.8) is 0 Å². The summed E-state index contributed by atoms with van der Waals surface area (Å²) in [5.74, 6) is -0.997. The van der Waals surface area contributed by atoms with E-state index in [4.69, 9.17) is 0 Å². The number of amides is 2. The van der Waals surface area contributed by atoms with Crippen molar-refractivity contribution in [1.29, 1.82) is 0 Å². The Kier molecular flexibility index (Phi) is 7.49. The van der Waals surface area contributed by atoms with E-state index < -0.39 is 11.5 Å². The molecule has 0 saturated carbocycles. The van der Waals surface area contributed by atoms with Crippen molar-refractivity contribution in [3.05, 3.63) is 0 Å². The van der Waals surface area contributed by atoms with Crippen LogP contribution in [0.2, 0.25) is 0 Å². The molecule has 0 aliphatic heterocycles. The minimum Gasteiger partial charge on any atom is -0.480 e. The standard InChI is InChI=1S/C14H28N2O3/c1-6-9-10-16(11(4)7-2)13(19)15-14(5,8-3)12(17)18/h11H,6-10H2,1-5H3,(H,15,19)(H,17,18). The second kappa shape index (κ2) is 8.02. The maximum Gasteiger partial charge on any atom is 0.329 e. The van der Waals surface area contributed by atoms with Gasteiger partial charge in [0.25, 0.3) is 0 Å². The molecule has 0 aromatic carbocycles. The third-order valence-electron chi connectivity index (χ3n) is 3.70. The summed E-state index contributed by atoms with van der Waals surface area (Å²) in [7, 11) is 0. The van der Waals surface area contributed by atoms with E-state index in [2.05, 4.69) is 12.2 Å². The molecular weight excluding hydrogens is 244 g/mol. The molecule has 0 saturated heterocycles. The number of nitrogens with one attached hydrogen (secondary N) is 1. The highest BCUT2D eigenvalue weighted by Crippen LogP contribution is 2.13. The van der Waals surface area contributed by atoms with E-state index in [1.54, 1.807) is 18.7 Å². The molecule has 2 amide bonds. The lowest BCUT2D eigenvalue weighted by molar-refractivity contribution is -0.143. The first kappa shape index (κ1) is 17.7. The average Bonchev–Trinajstić information content (AvgIpc) is 2.38. The van der Waals surface area contributed by atoms with Gasteiger partial charge in [-0.2, -0.15) is 0 Å². The van der Waals surface area contributed by atoms with Gasteiger partial charge in [0.15, 0.2) is 0 Å². The number of hydrogen-bond donors (Lipinski definition) is 2. The fourth-order valence-corrected chi connectivity index (χ4v) is 1.67. The number of carboxylic acids is 1. The van der Waals surface area contributed by atoms with E-state index in [1.807, 2.05) is 13.8 Å². The fourth-order valence-electron chi connectivity index (χ4n) is 1.67. The number of unbranched alkanes of at least 4 members (excludes halogenated alkanes) is 1. The van der Waals surface area contributed by atoms with Gasteiger partial charge in [-0.05, 0) is 33.1 Å². The molecule has 0 spiro atoms. The molecule has 0 aliphatic rings. The number of urea groups is 1. The van der Waals surface area contributed by atoms with Gasteiger partial charge in [-0.15, -0.1) is 0 Å². The molecule has 112 valence electrons. The smallest absolute Gasteiger partial charge is 0.329 e. The topological polar surface area (TPSA) is 69.6 Å². The van der Waals surface area contributed by atoms with Crippen molar-refractivity contribution in [1.82, 2.24) is 10.2 Å². The first-order valence-corrected chi connectivity index (χ1v) is 7.14. The molecule has 0 radical (unpaired) electrons. The van der Waals surface area contributed by atoms with Crippen LogP contribution in [0, 0.1) is 0 Å². The predicted molar refractivity (Wildman–Crippen MR) is 76.2 cm³/mol. The number of carboxylic acid groups (broad SMARTS) is 1. The van der Waals surface area contributed by atoms with Crippen LogP contribution in [0.3, 0.4) is 0 Å². The molecule has 2 atom stereocenters. The Balaban J connectivity index is 4.84. The van der Waals surface area contributed by atoms with Crippen molar-refractivity contribution in [2.45, 2.75) is 71.9 Å². The zero-order valence-electron chi connectivity index (χ0n) is 12.8. The summed E-state index contributed by atoms with van der Waals surface area (Å²) in [5, 5.41) is 11.9. The van der Waals surface area contributed by atoms with Crippen molar-refractivity contribution >= 4 is 12.0 Å². The van der Waals surface area contributed by atoms with E-state index in [9.17, 15) is 14.7 Å². The summed E-state index contributed by atoms with van der Waals surface area (Å²) in [4.78, 5) is 25.2. The number of aliphatic carboxylic acids is 1. The molecule has 2 unspecified atom stereocenters. The van der Waals surface area contributed by atoms with Crippen molar-refractivity contribution in [2.24, 2.45) is 0 Å². The van der Waals surface area contributed by atoms with Gasteiger partial charge >= 0.3 is 12.0 Å². The van der Waals surface area contributed by atoms with Gasteiger partial charge in [0, 0.05) is 12.6 Å². The first-order valence-electron chi connectivity index (χ1n) is 7.14. The number of rotatable bonds is 8. The van der Waals surface area contributed by atoms with E-state index in [1.165, 1.54) is 0 Å². The Morgan fingerprint density at radius 2 is 1.89 bits per heavy atom. The summed E-state index contributed by atoms with van der Waals surface area (Å²) in [6.45, 7) is 10.0. The monoisotopic (exact) mass is 272 g/mol. The van der Waals surface area contributed by atoms with Gasteiger partial charge in [-0.1, -0.05) is 27.2 Å². The van der Waals surface area contributed by atoms with Crippen LogP contribution in [0.4, 0.5) is 4.79 Å². The quantitative estimate of drug-likeness (QED) is 0.714. The van der Waals surface area contributed by atoms with Crippen LogP contribution in [-0.2, 0) is 4.79 Å². The third-order valence-corrected chi connectivity index (χ3v) is 3.70. The molecule has 0 heterocycles. The third kappa shape index (κ3) is 5.09. The fraction of sp³-hybridized carbons (Fsp3) is 0.857. The molecule has 0 rings (SSSR count). The van der Waals surface area contributed by atoms with Crippen LogP contribution in [0.5, 0.6) is 0 Å². The van der Waals surface area contributed by atoms with E-state index in [0.29, 0.717) is 13.0 Å². The Bertz CT molecular complexity index is 307. The summed E-state index contributed by atoms with van der Waals surface area (Å²) in [5.41, 5.74) is -1.20. The molecule has 0 aliphatic carbocycles. The Hall–Kier alpha value is -1.26. The molecule has 19 heavy (non-hydrogen) atoms. The SMILES string of the molecule is CCCCN(C(=O)NC(C)(CC)C(=O)O)C(C)CC. The van der Waals surface area contributed by atoms with Crippen LogP contribution in [0.25, 0.3) is 0 Å². The van der Waals surface area contributed by atoms with Crippen LogP contribution < -0.4 is 5.32 Å². The first-order chi connectivity index (χ1) is 8.82. The molecule has 2 N–H and O–H groups in total. The zero-order valence-corrected chi connectivity index (χ0v) is 12.8. The largest absolute Gasteiger partial charge is 0.480 e. The van der Waals surface area contributed by atoms with Crippen LogP contribution in [0.15, 0.2) is 0 Å². The second-order valence-corrected chi connectivity index (χ2v) is 5.23. The summed E-state index contributed by atoms with van der Waals surface area (Å²) in [6, 6.07) is -0.170. The summed E-state index contributed by atoms with van der Waals surface area (Å²) >= 11 is 0. The highest BCUT2D eigenvalue weighted by molar-refractivity contribution is 5.85. The number of carbonyl (C=O) groups excluding carboxylic acids is 1. The van der Waals surface area contributed by atoms with Crippen molar-refractivity contribution in [2.75, 3.05) is 6.54 Å². The van der Waals surface area contributed by atoms with E-state index >= 15 is 0 Å². The Labute approximate surface area is 116 Å². The number of nitrogens with zero attached hydrogens (tertiary/aromatic N) is 1. The summed E-state index contributed by atoms with van der Waals surface area (Å²) in [6.07, 6.45) is 3.14. The van der Waals surface area contributed by atoms with Gasteiger partial charge in [0.05, 0.1) is 0 Å². The molecule has 5 heteroatoms. The van der Waals surface area contributed by atoms with Gasteiger partial charge in [0.1, 0.15) is 5.54 Å². The maximum atomic E-state index is 12.3. The Morgan fingerprint density at radius 3 is 2.26 bits per heavy atom. The van der Waals surface area contributed by atoms with Crippen LogP contribution in [-0.4, -0.2) is 40.1 Å². The maximum absolute atomic E-state index is 12.3. The lowest BCUT2D eigenvalue weighted by Gasteiger charge is -2.33. The average molecular weight is 272 g/mol. The zero-order chi connectivity index (χ0) is 15.1. The predicted octanol–water partition coefficient (Wildman–Crippen LogP) is 2.85. The van der Waals surface area contributed by atoms with Gasteiger partial charge in [-0.25, -0.2) is 9.59 Å².